The van der Waals surface area contributed by atoms with E-state index < -0.39 is 0 Å². The summed E-state index contributed by atoms with van der Waals surface area (Å²) >= 11 is 0. The van der Waals surface area contributed by atoms with Crippen molar-refractivity contribution in [3.63, 3.8) is 0 Å². The van der Waals surface area contributed by atoms with E-state index in [0.29, 0.717) is 22.8 Å². The maximum Gasteiger partial charge on any atom is 0.214 e. The molecule has 0 aliphatic carbocycles. The quantitative estimate of drug-likeness (QED) is 0.502. The van der Waals surface area contributed by atoms with E-state index in [2.05, 4.69) is 29.3 Å². The fourth-order valence-electron chi connectivity index (χ4n) is 1.90. The minimum Gasteiger partial charge on any atom is -0.507 e. The first-order chi connectivity index (χ1) is 11.8. The van der Waals surface area contributed by atoms with Crippen LogP contribution in [-0.4, -0.2) is 30.5 Å². The fourth-order valence-corrected chi connectivity index (χ4v) is 1.90. The molecule has 4 rings (SSSR count). The zero-order valence-corrected chi connectivity index (χ0v) is 15.9. The van der Waals surface area contributed by atoms with Gasteiger partial charge in [0.05, 0.1) is 11.1 Å². The minimum atomic E-state index is 0. The van der Waals surface area contributed by atoms with Gasteiger partial charge in [0.2, 0.25) is 24.4 Å². The van der Waals surface area contributed by atoms with Crippen molar-refractivity contribution in [1.82, 2.24) is 20.3 Å². The molecule has 4 aromatic rings. The molecule has 0 amide bonds. The van der Waals surface area contributed by atoms with E-state index in [4.69, 9.17) is 0 Å². The second-order valence-electron chi connectivity index (χ2n) is 4.54. The molecule has 9 heteroatoms. The molecule has 0 bridgehead atoms. The van der Waals surface area contributed by atoms with Crippen LogP contribution in [0.25, 0.3) is 22.8 Å². The molecule has 0 radical (unpaired) electrons. The smallest absolute Gasteiger partial charge is 0.214 e. The van der Waals surface area contributed by atoms with Crippen molar-refractivity contribution in [3.8, 4) is 34.3 Å². The van der Waals surface area contributed by atoms with Gasteiger partial charge in [0.15, 0.2) is 0 Å². The van der Waals surface area contributed by atoms with Gasteiger partial charge in [-0.15, -0.1) is 0 Å². The molecular formula is C16H12N4O4Zn. The number of hydrogen-bond donors (Lipinski definition) is 2. The van der Waals surface area contributed by atoms with E-state index in [0.717, 1.165) is 0 Å². The number of aromatic hydroxyl groups is 2. The SMILES string of the molecule is Oc1ccccc1-c1ncon1.Oc1ccccc1-c1ncon1.[Zn]. The summed E-state index contributed by atoms with van der Waals surface area (Å²) in [7, 11) is 0. The molecule has 0 saturated carbocycles. The number of hydrogen-bond acceptors (Lipinski definition) is 8. The number of para-hydroxylation sites is 2. The van der Waals surface area contributed by atoms with Gasteiger partial charge in [-0.2, -0.15) is 9.97 Å². The van der Waals surface area contributed by atoms with E-state index in [1.165, 1.54) is 12.8 Å². The van der Waals surface area contributed by atoms with E-state index >= 15 is 0 Å². The van der Waals surface area contributed by atoms with Crippen molar-refractivity contribution < 1.29 is 38.7 Å². The van der Waals surface area contributed by atoms with Crippen LogP contribution in [0, 0.1) is 0 Å². The van der Waals surface area contributed by atoms with Gasteiger partial charge in [-0.1, -0.05) is 34.6 Å². The third kappa shape index (κ3) is 4.48. The second kappa shape index (κ2) is 8.70. The van der Waals surface area contributed by atoms with E-state index in [9.17, 15) is 10.2 Å². The standard InChI is InChI=1S/2C8H6N2O2.Zn/c2*11-7-4-2-1-3-6(7)8-9-5-12-10-8;/h2*1-5,11H;. The zero-order valence-electron chi connectivity index (χ0n) is 13.0. The van der Waals surface area contributed by atoms with Crippen LogP contribution in [0.4, 0.5) is 0 Å². The Morgan fingerprint density at radius 2 is 1.04 bits per heavy atom. The Bertz CT molecular complexity index is 822. The molecule has 0 aliphatic rings. The van der Waals surface area contributed by atoms with Crippen molar-refractivity contribution in [1.29, 1.82) is 0 Å². The monoisotopic (exact) mass is 388 g/mol. The molecule has 2 aromatic heterocycles. The van der Waals surface area contributed by atoms with Crippen molar-refractivity contribution in [3.05, 3.63) is 61.3 Å². The summed E-state index contributed by atoms with van der Waals surface area (Å²) in [4.78, 5) is 7.62. The molecule has 2 heterocycles. The Kier molecular flexibility index (Phi) is 6.36. The van der Waals surface area contributed by atoms with Crippen molar-refractivity contribution in [2.75, 3.05) is 0 Å². The maximum atomic E-state index is 9.36. The zero-order chi connectivity index (χ0) is 16.8. The average molecular weight is 390 g/mol. The number of rotatable bonds is 2. The normalized spacial score (nSPS) is 9.60. The molecule has 2 N–H and O–H groups in total. The molecule has 0 spiro atoms. The van der Waals surface area contributed by atoms with Crippen molar-refractivity contribution in [2.45, 2.75) is 0 Å². The maximum absolute atomic E-state index is 9.36. The first-order valence-corrected chi connectivity index (χ1v) is 6.85. The second-order valence-corrected chi connectivity index (χ2v) is 4.54. The summed E-state index contributed by atoms with van der Waals surface area (Å²) in [5.41, 5.74) is 1.15. The Morgan fingerprint density at radius 3 is 1.36 bits per heavy atom. The van der Waals surface area contributed by atoms with Gasteiger partial charge < -0.3 is 19.3 Å². The molecule has 25 heavy (non-hydrogen) atoms. The van der Waals surface area contributed by atoms with Crippen molar-refractivity contribution >= 4 is 0 Å². The summed E-state index contributed by atoms with van der Waals surface area (Å²) in [5.74, 6) is 1.10. The first-order valence-electron chi connectivity index (χ1n) is 6.85. The number of nitrogens with zero attached hydrogens (tertiary/aromatic N) is 4. The van der Waals surface area contributed by atoms with Gasteiger partial charge in [-0.25, -0.2) is 0 Å². The Morgan fingerprint density at radius 1 is 0.640 bits per heavy atom. The van der Waals surface area contributed by atoms with E-state index in [-0.39, 0.29) is 31.0 Å². The topological polar surface area (TPSA) is 118 Å². The summed E-state index contributed by atoms with van der Waals surface area (Å²) < 4.78 is 9.10. The van der Waals surface area contributed by atoms with Crippen LogP contribution >= 0.6 is 0 Å². The largest absolute Gasteiger partial charge is 0.507 e. The third-order valence-electron chi connectivity index (χ3n) is 3.01. The van der Waals surface area contributed by atoms with Gasteiger partial charge in [0.25, 0.3) is 0 Å². The van der Waals surface area contributed by atoms with E-state index in [1.807, 2.05) is 0 Å². The average Bonchev–Trinajstić information content (AvgIpc) is 3.30. The molecule has 8 nitrogen and oxygen atoms in total. The number of phenolic OH excluding ortho intramolecular Hbond substituents is 2. The molecule has 0 atom stereocenters. The molecule has 122 valence electrons. The predicted octanol–water partition coefficient (Wildman–Crippen LogP) is 2.88. The Labute approximate surface area is 154 Å². The predicted molar refractivity (Wildman–Crippen MR) is 82.8 cm³/mol. The van der Waals surface area contributed by atoms with Gasteiger partial charge in [-0.3, -0.25) is 0 Å². The molecule has 0 unspecified atom stereocenters. The van der Waals surface area contributed by atoms with Crippen LogP contribution in [0.1, 0.15) is 0 Å². The molecular weight excluding hydrogens is 378 g/mol. The van der Waals surface area contributed by atoms with Crippen LogP contribution in [0.15, 0.2) is 70.4 Å². The summed E-state index contributed by atoms with van der Waals surface area (Å²) in [5, 5.41) is 25.9. The molecule has 0 aliphatic heterocycles. The van der Waals surface area contributed by atoms with Gasteiger partial charge in [0, 0.05) is 19.5 Å². The van der Waals surface area contributed by atoms with Gasteiger partial charge >= 0.3 is 0 Å². The summed E-state index contributed by atoms with van der Waals surface area (Å²) in [6.45, 7) is 0. The summed E-state index contributed by atoms with van der Waals surface area (Å²) in [6.07, 6.45) is 2.45. The summed E-state index contributed by atoms with van der Waals surface area (Å²) in [6, 6.07) is 13.7. The molecule has 0 saturated heterocycles. The minimum absolute atomic E-state index is 0. The van der Waals surface area contributed by atoms with Crippen LogP contribution < -0.4 is 0 Å². The number of benzene rings is 2. The van der Waals surface area contributed by atoms with Gasteiger partial charge in [-0.05, 0) is 24.3 Å². The third-order valence-corrected chi connectivity index (χ3v) is 3.01. The number of aromatic nitrogens is 4. The number of phenols is 2. The van der Waals surface area contributed by atoms with E-state index in [1.54, 1.807) is 48.5 Å². The van der Waals surface area contributed by atoms with Crippen LogP contribution in [0.3, 0.4) is 0 Å². The van der Waals surface area contributed by atoms with Crippen LogP contribution in [0.2, 0.25) is 0 Å². The van der Waals surface area contributed by atoms with Crippen molar-refractivity contribution in [2.24, 2.45) is 0 Å². The first kappa shape index (κ1) is 18.3. The Hall–Kier alpha value is -3.06. The fraction of sp³-hybridized carbons (Fsp3) is 0. The Balaban J connectivity index is 0.000000173. The molecule has 0 fully saturated rings. The van der Waals surface area contributed by atoms with Gasteiger partial charge in [0.1, 0.15) is 11.5 Å². The van der Waals surface area contributed by atoms with Crippen LogP contribution in [0.5, 0.6) is 11.5 Å². The molecule has 2 aromatic carbocycles. The van der Waals surface area contributed by atoms with Crippen LogP contribution in [-0.2, 0) is 19.5 Å².